The zero-order valence-corrected chi connectivity index (χ0v) is 13.8. The number of anilines is 3. The first-order valence-corrected chi connectivity index (χ1v) is 7.37. The number of nitrogens with zero attached hydrogens (tertiary/aromatic N) is 2. The molecule has 2 N–H and O–H groups in total. The molecule has 0 fully saturated rings. The van der Waals surface area contributed by atoms with E-state index in [1.54, 1.807) is 6.07 Å². The van der Waals surface area contributed by atoms with Gasteiger partial charge < -0.3 is 15.4 Å². The lowest BCUT2D eigenvalue weighted by Crippen LogP contribution is -2.13. The predicted octanol–water partition coefficient (Wildman–Crippen LogP) is 4.38. The molecule has 0 spiro atoms. The van der Waals surface area contributed by atoms with E-state index in [0.717, 1.165) is 11.8 Å². The Kier molecular flexibility index (Phi) is 5.16. The second-order valence-corrected chi connectivity index (χ2v) is 5.49. The third kappa shape index (κ3) is 4.27. The van der Waals surface area contributed by atoms with Crippen LogP contribution in [0.1, 0.15) is 25.0 Å². The Balaban J connectivity index is 2.36. The van der Waals surface area contributed by atoms with Crippen LogP contribution in [0.2, 0.25) is 0 Å². The van der Waals surface area contributed by atoms with E-state index >= 15 is 0 Å². The summed E-state index contributed by atoms with van der Waals surface area (Å²) >= 11 is 0. The van der Waals surface area contributed by atoms with Gasteiger partial charge in [-0.05, 0) is 38.5 Å². The number of halogens is 3. The van der Waals surface area contributed by atoms with Crippen LogP contribution in [0.3, 0.4) is 0 Å². The Morgan fingerprint density at radius 3 is 2.50 bits per heavy atom. The average Bonchev–Trinajstić information content (AvgIpc) is 2.48. The fraction of sp³-hybridized carbons (Fsp3) is 0.375. The van der Waals surface area contributed by atoms with Crippen LogP contribution in [0.4, 0.5) is 30.6 Å². The predicted molar refractivity (Wildman–Crippen MR) is 86.8 cm³/mol. The van der Waals surface area contributed by atoms with Gasteiger partial charge in [0.1, 0.15) is 17.1 Å². The largest absolute Gasteiger partial charge is 0.489 e. The highest BCUT2D eigenvalue weighted by atomic mass is 19.4. The zero-order valence-electron chi connectivity index (χ0n) is 13.8. The molecule has 5 nitrogen and oxygen atoms in total. The molecule has 0 atom stereocenters. The number of alkyl halides is 3. The van der Waals surface area contributed by atoms with Crippen molar-refractivity contribution in [2.45, 2.75) is 33.1 Å². The molecule has 0 amide bonds. The van der Waals surface area contributed by atoms with Crippen LogP contribution in [-0.4, -0.2) is 23.1 Å². The van der Waals surface area contributed by atoms with Crippen LogP contribution < -0.4 is 15.4 Å². The Bertz CT molecular complexity index is 717. The van der Waals surface area contributed by atoms with Crippen molar-refractivity contribution in [3.05, 3.63) is 35.5 Å². The van der Waals surface area contributed by atoms with Crippen molar-refractivity contribution in [1.29, 1.82) is 0 Å². The normalized spacial score (nSPS) is 11.5. The highest BCUT2D eigenvalue weighted by Gasteiger charge is 2.35. The maximum absolute atomic E-state index is 12.9. The molecule has 0 aliphatic carbocycles. The fourth-order valence-corrected chi connectivity index (χ4v) is 2.06. The minimum absolute atomic E-state index is 0.0466. The number of ether oxygens (including phenoxy) is 1. The lowest BCUT2D eigenvalue weighted by atomic mass is 10.2. The van der Waals surface area contributed by atoms with Crippen LogP contribution in [0.25, 0.3) is 0 Å². The summed E-state index contributed by atoms with van der Waals surface area (Å²) in [7, 11) is 1.38. The molecular weight excluding hydrogens is 321 g/mol. The second-order valence-electron chi connectivity index (χ2n) is 5.49. The molecule has 0 aliphatic heterocycles. The molecule has 1 aromatic heterocycles. The third-order valence-corrected chi connectivity index (χ3v) is 3.08. The second kappa shape index (κ2) is 6.94. The summed E-state index contributed by atoms with van der Waals surface area (Å²) < 4.78 is 44.4. The van der Waals surface area contributed by atoms with Gasteiger partial charge in [-0.3, -0.25) is 0 Å². The van der Waals surface area contributed by atoms with E-state index in [2.05, 4.69) is 20.6 Å². The Morgan fingerprint density at radius 2 is 1.92 bits per heavy atom. The summed E-state index contributed by atoms with van der Waals surface area (Å²) in [6.07, 6.45) is -3.82. The first-order chi connectivity index (χ1) is 11.2. The highest BCUT2D eigenvalue weighted by molar-refractivity contribution is 5.64. The summed E-state index contributed by atoms with van der Waals surface area (Å²) in [6.45, 7) is 5.67. The number of aromatic nitrogens is 2. The van der Waals surface area contributed by atoms with Crippen LogP contribution in [-0.2, 0) is 6.18 Å². The first kappa shape index (κ1) is 17.8. The van der Waals surface area contributed by atoms with Crippen molar-refractivity contribution in [1.82, 2.24) is 9.97 Å². The summed E-state index contributed by atoms with van der Waals surface area (Å²) in [5, 5.41) is 5.36. The third-order valence-electron chi connectivity index (χ3n) is 3.08. The number of hydrogen-bond donors (Lipinski definition) is 2. The van der Waals surface area contributed by atoms with Crippen LogP contribution in [0.15, 0.2) is 24.4 Å². The Morgan fingerprint density at radius 1 is 1.21 bits per heavy atom. The molecule has 2 rings (SSSR count). The lowest BCUT2D eigenvalue weighted by Gasteiger charge is -2.17. The molecule has 0 aliphatic rings. The molecule has 2 aromatic rings. The van der Waals surface area contributed by atoms with E-state index < -0.39 is 11.7 Å². The van der Waals surface area contributed by atoms with Crippen molar-refractivity contribution in [2.75, 3.05) is 17.7 Å². The highest BCUT2D eigenvalue weighted by Crippen LogP contribution is 2.34. The van der Waals surface area contributed by atoms with E-state index in [1.165, 1.54) is 7.05 Å². The maximum Gasteiger partial charge on any atom is 0.421 e. The minimum atomic E-state index is -4.52. The molecule has 1 aromatic carbocycles. The van der Waals surface area contributed by atoms with E-state index in [4.69, 9.17) is 4.74 Å². The zero-order chi connectivity index (χ0) is 17.9. The van der Waals surface area contributed by atoms with E-state index in [0.29, 0.717) is 11.4 Å². The van der Waals surface area contributed by atoms with Gasteiger partial charge in [0.15, 0.2) is 0 Å². The smallest absolute Gasteiger partial charge is 0.421 e. The van der Waals surface area contributed by atoms with Gasteiger partial charge in [-0.15, -0.1) is 0 Å². The molecule has 0 saturated heterocycles. The number of nitrogens with one attached hydrogen (secondary N) is 2. The number of benzene rings is 1. The standard InChI is InChI=1S/C16H19F3N4O/c1-9(2)24-13-6-5-10(3)7-12(13)22-15-21-8-11(16(17,18)19)14(20-4)23-15/h5-9H,1-4H3,(H2,20,21,22,23). The molecule has 0 bridgehead atoms. The molecule has 1 heterocycles. The van der Waals surface area contributed by atoms with Crippen LogP contribution in [0, 0.1) is 6.92 Å². The Labute approximate surface area is 138 Å². The topological polar surface area (TPSA) is 59.1 Å². The van der Waals surface area contributed by atoms with Crippen molar-refractivity contribution in [2.24, 2.45) is 0 Å². The molecular formula is C16H19F3N4O. The van der Waals surface area contributed by atoms with Crippen molar-refractivity contribution in [3.63, 3.8) is 0 Å². The summed E-state index contributed by atoms with van der Waals surface area (Å²) in [6, 6.07) is 5.49. The number of aryl methyl sites for hydroxylation is 1. The van der Waals surface area contributed by atoms with E-state index in [9.17, 15) is 13.2 Å². The van der Waals surface area contributed by atoms with Crippen LogP contribution >= 0.6 is 0 Å². The molecule has 0 radical (unpaired) electrons. The summed E-state index contributed by atoms with van der Waals surface area (Å²) in [5.41, 5.74) is 0.637. The van der Waals surface area contributed by atoms with Crippen LogP contribution in [0.5, 0.6) is 5.75 Å². The fourth-order valence-electron chi connectivity index (χ4n) is 2.06. The number of rotatable bonds is 5. The van der Waals surface area contributed by atoms with Gasteiger partial charge in [0.25, 0.3) is 0 Å². The maximum atomic E-state index is 12.9. The molecule has 8 heteroatoms. The molecule has 24 heavy (non-hydrogen) atoms. The summed E-state index contributed by atoms with van der Waals surface area (Å²) in [5.74, 6) is 0.329. The van der Waals surface area contributed by atoms with Gasteiger partial charge in [-0.25, -0.2) is 4.98 Å². The van der Waals surface area contributed by atoms with Gasteiger partial charge in [-0.2, -0.15) is 18.2 Å². The molecule has 0 unspecified atom stereocenters. The Hall–Kier alpha value is -2.51. The average molecular weight is 340 g/mol. The van der Waals surface area contributed by atoms with Crippen molar-refractivity contribution in [3.8, 4) is 5.75 Å². The van der Waals surface area contributed by atoms with Gasteiger partial charge in [0.05, 0.1) is 11.8 Å². The summed E-state index contributed by atoms with van der Waals surface area (Å²) in [4.78, 5) is 7.66. The monoisotopic (exact) mass is 340 g/mol. The minimum Gasteiger partial charge on any atom is -0.489 e. The molecule has 0 saturated carbocycles. The lowest BCUT2D eigenvalue weighted by molar-refractivity contribution is -0.137. The van der Waals surface area contributed by atoms with Gasteiger partial charge in [0, 0.05) is 13.2 Å². The quantitative estimate of drug-likeness (QED) is 0.846. The van der Waals surface area contributed by atoms with Gasteiger partial charge >= 0.3 is 6.18 Å². The van der Waals surface area contributed by atoms with Gasteiger partial charge in [-0.1, -0.05) is 6.07 Å². The SMILES string of the molecule is CNc1nc(Nc2cc(C)ccc2OC(C)C)ncc1C(F)(F)F. The number of hydrogen-bond acceptors (Lipinski definition) is 5. The van der Waals surface area contributed by atoms with E-state index in [1.807, 2.05) is 32.9 Å². The van der Waals surface area contributed by atoms with Crippen molar-refractivity contribution >= 4 is 17.5 Å². The molecule has 130 valence electrons. The first-order valence-electron chi connectivity index (χ1n) is 7.37. The van der Waals surface area contributed by atoms with E-state index in [-0.39, 0.29) is 17.9 Å². The van der Waals surface area contributed by atoms with Gasteiger partial charge in [0.2, 0.25) is 5.95 Å². The van der Waals surface area contributed by atoms with Crippen molar-refractivity contribution < 1.29 is 17.9 Å².